The number of carbonyl (C=O) groups excluding carboxylic acids is 2. The first-order valence-corrected chi connectivity index (χ1v) is 9.99. The zero-order chi connectivity index (χ0) is 20.8. The Balaban J connectivity index is 1.49. The van der Waals surface area contributed by atoms with Gasteiger partial charge >= 0.3 is 0 Å². The van der Waals surface area contributed by atoms with E-state index in [1.165, 1.54) is 17.8 Å². The Kier molecular flexibility index (Phi) is 4.22. The SMILES string of the molecule is O=C1c2ccccc2C(=O)c2cc3oc(SCc4ccccc4[N+](=O)[O-])nc3cc21. The van der Waals surface area contributed by atoms with E-state index in [4.69, 9.17) is 4.42 Å². The van der Waals surface area contributed by atoms with E-state index in [0.717, 1.165) is 0 Å². The average molecular weight is 416 g/mol. The minimum absolute atomic E-state index is 0.0329. The average Bonchev–Trinajstić information content (AvgIpc) is 3.17. The van der Waals surface area contributed by atoms with Crippen molar-refractivity contribution >= 4 is 40.1 Å². The first-order chi connectivity index (χ1) is 14.5. The minimum atomic E-state index is -0.426. The number of carbonyl (C=O) groups is 2. The first-order valence-electron chi connectivity index (χ1n) is 9.01. The summed E-state index contributed by atoms with van der Waals surface area (Å²) in [6, 6.07) is 16.3. The van der Waals surface area contributed by atoms with Crippen LogP contribution in [0.1, 0.15) is 37.4 Å². The summed E-state index contributed by atoms with van der Waals surface area (Å²) in [6.07, 6.45) is 0. The third kappa shape index (κ3) is 2.89. The quantitative estimate of drug-likeness (QED) is 0.235. The molecule has 4 aromatic rings. The molecule has 0 aliphatic heterocycles. The molecular weight excluding hydrogens is 404 g/mol. The maximum Gasteiger partial charge on any atom is 0.273 e. The van der Waals surface area contributed by atoms with E-state index < -0.39 is 4.92 Å². The molecule has 0 saturated carbocycles. The second-order valence-corrected chi connectivity index (χ2v) is 7.65. The van der Waals surface area contributed by atoms with Crippen LogP contribution in [0.3, 0.4) is 0 Å². The van der Waals surface area contributed by atoms with Crippen molar-refractivity contribution in [1.29, 1.82) is 0 Å². The van der Waals surface area contributed by atoms with Crippen molar-refractivity contribution in [3.05, 3.63) is 98.6 Å². The number of nitro groups is 1. The number of para-hydroxylation sites is 1. The van der Waals surface area contributed by atoms with E-state index in [2.05, 4.69) is 4.98 Å². The Bertz CT molecular complexity index is 1300. The highest BCUT2D eigenvalue weighted by Gasteiger charge is 2.30. The monoisotopic (exact) mass is 416 g/mol. The Labute approximate surface area is 173 Å². The normalized spacial score (nSPS) is 12.7. The standard InChI is InChI=1S/C22H12N2O5S/c25-20-13-6-2-3-7-14(13)21(26)16-10-19-17(9-15(16)20)23-22(29-19)30-11-12-5-1-4-8-18(12)24(27)28/h1-10H,11H2. The molecule has 0 atom stereocenters. The van der Waals surface area contributed by atoms with E-state index >= 15 is 0 Å². The van der Waals surface area contributed by atoms with Gasteiger partial charge in [0.05, 0.1) is 4.92 Å². The summed E-state index contributed by atoms with van der Waals surface area (Å²) < 4.78 is 5.75. The van der Waals surface area contributed by atoms with Crippen LogP contribution in [0.4, 0.5) is 5.69 Å². The van der Waals surface area contributed by atoms with Gasteiger partial charge in [0.15, 0.2) is 17.1 Å². The maximum atomic E-state index is 12.8. The molecule has 146 valence electrons. The van der Waals surface area contributed by atoms with Crippen LogP contribution in [0.25, 0.3) is 11.1 Å². The lowest BCUT2D eigenvalue weighted by Gasteiger charge is -2.16. The van der Waals surface area contributed by atoms with Crippen LogP contribution in [0.2, 0.25) is 0 Å². The van der Waals surface area contributed by atoms with Gasteiger partial charge in [-0.25, -0.2) is 4.98 Å². The summed E-state index contributed by atoms with van der Waals surface area (Å²) in [4.78, 5) is 40.8. The lowest BCUT2D eigenvalue weighted by Crippen LogP contribution is -2.20. The number of nitro benzene ring substituents is 1. The van der Waals surface area contributed by atoms with Crippen molar-refractivity contribution in [2.24, 2.45) is 0 Å². The van der Waals surface area contributed by atoms with Crippen LogP contribution in [0.5, 0.6) is 0 Å². The fraction of sp³-hybridized carbons (Fsp3) is 0.0455. The minimum Gasteiger partial charge on any atom is -0.431 e. The number of ketones is 2. The van der Waals surface area contributed by atoms with Crippen LogP contribution in [0.15, 0.2) is 70.3 Å². The molecule has 0 N–H and O–H groups in total. The van der Waals surface area contributed by atoms with Gasteiger partial charge in [-0.05, 0) is 12.1 Å². The first kappa shape index (κ1) is 18.3. The van der Waals surface area contributed by atoms with Gasteiger partial charge in [0.25, 0.3) is 10.9 Å². The number of oxazole rings is 1. The molecule has 5 rings (SSSR count). The molecule has 0 unspecified atom stereocenters. The second kappa shape index (κ2) is 6.93. The number of nitrogens with zero attached hydrogens (tertiary/aromatic N) is 2. The molecule has 1 heterocycles. The van der Waals surface area contributed by atoms with Gasteiger partial charge in [-0.15, -0.1) is 0 Å². The van der Waals surface area contributed by atoms with Crippen LogP contribution in [-0.4, -0.2) is 21.5 Å². The number of hydrogen-bond donors (Lipinski definition) is 0. The second-order valence-electron chi connectivity index (χ2n) is 6.72. The largest absolute Gasteiger partial charge is 0.431 e. The molecule has 0 saturated heterocycles. The predicted octanol–water partition coefficient (Wildman–Crippen LogP) is 4.80. The van der Waals surface area contributed by atoms with E-state index in [1.807, 2.05) is 0 Å². The Morgan fingerprint density at radius 2 is 1.53 bits per heavy atom. The molecule has 30 heavy (non-hydrogen) atoms. The summed E-state index contributed by atoms with van der Waals surface area (Å²) in [6.45, 7) is 0. The summed E-state index contributed by atoms with van der Waals surface area (Å²) in [5.74, 6) is -0.153. The van der Waals surface area contributed by atoms with Crippen LogP contribution in [0, 0.1) is 10.1 Å². The summed E-state index contributed by atoms with van der Waals surface area (Å²) in [5.41, 5.74) is 2.77. The molecule has 1 aliphatic carbocycles. The maximum absolute atomic E-state index is 12.8. The van der Waals surface area contributed by atoms with Crippen molar-refractivity contribution < 1.29 is 18.9 Å². The fourth-order valence-corrected chi connectivity index (χ4v) is 4.34. The third-order valence-corrected chi connectivity index (χ3v) is 5.83. The fourth-order valence-electron chi connectivity index (χ4n) is 3.51. The highest BCUT2D eigenvalue weighted by atomic mass is 32.2. The molecule has 0 fully saturated rings. The highest BCUT2D eigenvalue weighted by molar-refractivity contribution is 7.98. The van der Waals surface area contributed by atoms with Gasteiger partial charge in [-0.2, -0.15) is 0 Å². The van der Waals surface area contributed by atoms with Crippen molar-refractivity contribution in [3.63, 3.8) is 0 Å². The molecule has 0 amide bonds. The molecule has 0 bridgehead atoms. The van der Waals surface area contributed by atoms with Crippen molar-refractivity contribution in [1.82, 2.24) is 4.98 Å². The molecule has 0 spiro atoms. The van der Waals surface area contributed by atoms with E-state index in [1.54, 1.807) is 54.6 Å². The highest BCUT2D eigenvalue weighted by Crippen LogP contribution is 2.34. The number of rotatable bonds is 4. The van der Waals surface area contributed by atoms with Crippen molar-refractivity contribution in [2.45, 2.75) is 11.0 Å². The topological polar surface area (TPSA) is 103 Å². The Hall–Kier alpha value is -3.78. The summed E-state index contributed by atoms with van der Waals surface area (Å²) in [7, 11) is 0. The van der Waals surface area contributed by atoms with Crippen molar-refractivity contribution in [2.75, 3.05) is 0 Å². The van der Waals surface area contributed by atoms with Crippen LogP contribution < -0.4 is 0 Å². The van der Waals surface area contributed by atoms with E-state index in [9.17, 15) is 19.7 Å². The summed E-state index contributed by atoms with van der Waals surface area (Å²) >= 11 is 1.21. The molecule has 3 aromatic carbocycles. The molecule has 7 nitrogen and oxygen atoms in total. The van der Waals surface area contributed by atoms with Gasteiger partial charge in [0.1, 0.15) is 5.52 Å². The molecule has 1 aromatic heterocycles. The zero-order valence-corrected chi connectivity index (χ0v) is 16.1. The van der Waals surface area contributed by atoms with E-state index in [-0.39, 0.29) is 22.8 Å². The molecule has 1 aliphatic rings. The van der Waals surface area contributed by atoms with E-state index in [0.29, 0.717) is 44.3 Å². The number of aromatic nitrogens is 1. The molecule has 8 heteroatoms. The van der Waals surface area contributed by atoms with Crippen LogP contribution in [-0.2, 0) is 5.75 Å². The van der Waals surface area contributed by atoms with Gasteiger partial charge < -0.3 is 4.42 Å². The number of benzene rings is 3. The van der Waals surface area contributed by atoms with Gasteiger partial charge in [-0.3, -0.25) is 19.7 Å². The Morgan fingerprint density at radius 3 is 2.23 bits per heavy atom. The van der Waals surface area contributed by atoms with Gasteiger partial charge in [-0.1, -0.05) is 54.2 Å². The lowest BCUT2D eigenvalue weighted by atomic mass is 9.84. The van der Waals surface area contributed by atoms with Crippen LogP contribution >= 0.6 is 11.8 Å². The smallest absolute Gasteiger partial charge is 0.273 e. The zero-order valence-electron chi connectivity index (χ0n) is 15.3. The predicted molar refractivity (Wildman–Crippen MR) is 110 cm³/mol. The van der Waals surface area contributed by atoms with Crippen molar-refractivity contribution in [3.8, 4) is 0 Å². The van der Waals surface area contributed by atoms with Gasteiger partial charge in [0, 0.05) is 39.6 Å². The number of fused-ring (bicyclic) bond motifs is 3. The molecular formula is C22H12N2O5S. The van der Waals surface area contributed by atoms with Gasteiger partial charge in [0.2, 0.25) is 0 Å². The lowest BCUT2D eigenvalue weighted by molar-refractivity contribution is -0.385. The number of hydrogen-bond acceptors (Lipinski definition) is 7. The third-order valence-electron chi connectivity index (χ3n) is 4.95. The summed E-state index contributed by atoms with van der Waals surface area (Å²) in [5, 5.41) is 11.5. The number of thioether (sulfide) groups is 1. The molecule has 0 radical (unpaired) electrons. The Morgan fingerprint density at radius 1 is 0.900 bits per heavy atom.